The second-order valence-electron chi connectivity index (χ2n) is 5.69. The van der Waals surface area contributed by atoms with E-state index < -0.39 is 0 Å². The van der Waals surface area contributed by atoms with Crippen molar-refractivity contribution >= 4 is 0 Å². The quantitative estimate of drug-likeness (QED) is 0.654. The molecule has 2 rings (SSSR count). The maximum atomic E-state index is 2.65. The molecule has 0 aromatic carbocycles. The third-order valence-electron chi connectivity index (χ3n) is 4.56. The van der Waals surface area contributed by atoms with Gasteiger partial charge in [0.05, 0.1) is 0 Å². The van der Waals surface area contributed by atoms with Crippen LogP contribution in [-0.2, 0) is 0 Å². The van der Waals surface area contributed by atoms with Crippen LogP contribution >= 0.6 is 0 Å². The Kier molecular flexibility index (Phi) is 3.16. The monoisotopic (exact) mass is 195 g/mol. The largest absolute Gasteiger partial charge is 0.303 e. The number of nitrogens with zero attached hydrogens (tertiary/aromatic N) is 1. The molecule has 2 aliphatic rings. The van der Waals surface area contributed by atoms with Crippen molar-refractivity contribution in [1.29, 1.82) is 0 Å². The Morgan fingerprint density at radius 1 is 1.14 bits per heavy atom. The predicted molar refractivity (Wildman–Crippen MR) is 61.3 cm³/mol. The van der Waals surface area contributed by atoms with E-state index in [0.717, 1.165) is 23.7 Å². The van der Waals surface area contributed by atoms with E-state index in [1.807, 2.05) is 0 Å². The first-order chi connectivity index (χ1) is 6.70. The molecular weight excluding hydrogens is 170 g/mol. The molecule has 1 aliphatic heterocycles. The van der Waals surface area contributed by atoms with E-state index in [0.29, 0.717) is 0 Å². The molecule has 82 valence electrons. The Hall–Kier alpha value is -0.0400. The number of hydrogen-bond donors (Lipinski definition) is 0. The minimum atomic E-state index is 0.909. The smallest absolute Gasteiger partial charge is 0.00129 e. The standard InChI is InChI=1S/C13H25N/c1-4-14-8-12-6-5-11(10(2)3)7-13(12)9-14/h10-13H,4-9H2,1-3H3. The summed E-state index contributed by atoms with van der Waals surface area (Å²) in [7, 11) is 0. The average molecular weight is 195 g/mol. The Morgan fingerprint density at radius 2 is 1.86 bits per heavy atom. The van der Waals surface area contributed by atoms with Crippen LogP contribution in [0, 0.1) is 23.7 Å². The van der Waals surface area contributed by atoms with Gasteiger partial charge in [-0.05, 0) is 49.5 Å². The number of hydrogen-bond acceptors (Lipinski definition) is 1. The van der Waals surface area contributed by atoms with Crippen LogP contribution in [0.3, 0.4) is 0 Å². The van der Waals surface area contributed by atoms with Gasteiger partial charge in [0.2, 0.25) is 0 Å². The Labute approximate surface area is 88.9 Å². The van der Waals surface area contributed by atoms with Crippen molar-refractivity contribution < 1.29 is 0 Å². The first-order valence-corrected chi connectivity index (χ1v) is 6.43. The van der Waals surface area contributed by atoms with Gasteiger partial charge in [-0.2, -0.15) is 0 Å². The molecule has 0 bridgehead atoms. The summed E-state index contributed by atoms with van der Waals surface area (Å²) in [4.78, 5) is 2.65. The molecule has 1 aliphatic carbocycles. The van der Waals surface area contributed by atoms with Crippen molar-refractivity contribution in [2.24, 2.45) is 23.7 Å². The average Bonchev–Trinajstić information content (AvgIpc) is 2.58. The third kappa shape index (κ3) is 1.98. The Balaban J connectivity index is 1.91. The minimum Gasteiger partial charge on any atom is -0.303 e. The van der Waals surface area contributed by atoms with Gasteiger partial charge in [0.25, 0.3) is 0 Å². The van der Waals surface area contributed by atoms with Gasteiger partial charge >= 0.3 is 0 Å². The van der Waals surface area contributed by atoms with E-state index in [1.54, 1.807) is 0 Å². The molecule has 0 N–H and O–H groups in total. The summed E-state index contributed by atoms with van der Waals surface area (Å²) in [6.07, 6.45) is 4.51. The molecule has 1 saturated heterocycles. The van der Waals surface area contributed by atoms with Gasteiger partial charge in [-0.1, -0.05) is 20.8 Å². The van der Waals surface area contributed by atoms with Gasteiger partial charge in [0.1, 0.15) is 0 Å². The molecule has 0 spiro atoms. The zero-order valence-electron chi connectivity index (χ0n) is 10.00. The highest BCUT2D eigenvalue weighted by Gasteiger charge is 2.37. The molecule has 1 heterocycles. The Morgan fingerprint density at radius 3 is 2.50 bits per heavy atom. The van der Waals surface area contributed by atoms with Gasteiger partial charge in [-0.3, -0.25) is 0 Å². The molecule has 3 atom stereocenters. The summed E-state index contributed by atoms with van der Waals surface area (Å²) < 4.78 is 0. The molecule has 1 nitrogen and oxygen atoms in total. The summed E-state index contributed by atoms with van der Waals surface area (Å²) in [6, 6.07) is 0. The SMILES string of the molecule is CCN1CC2CCC(C(C)C)CC2C1. The normalized spacial score (nSPS) is 39.0. The molecule has 0 aromatic rings. The lowest BCUT2D eigenvalue weighted by Gasteiger charge is -2.33. The van der Waals surface area contributed by atoms with E-state index in [2.05, 4.69) is 25.7 Å². The van der Waals surface area contributed by atoms with Crippen molar-refractivity contribution in [3.05, 3.63) is 0 Å². The molecule has 14 heavy (non-hydrogen) atoms. The molecule has 2 fully saturated rings. The van der Waals surface area contributed by atoms with Crippen LogP contribution < -0.4 is 0 Å². The number of likely N-dealkylation sites (tertiary alicyclic amines) is 1. The minimum absolute atomic E-state index is 0.909. The fraction of sp³-hybridized carbons (Fsp3) is 1.00. The van der Waals surface area contributed by atoms with Gasteiger partial charge in [-0.25, -0.2) is 0 Å². The molecule has 1 saturated carbocycles. The van der Waals surface area contributed by atoms with Gasteiger partial charge in [0.15, 0.2) is 0 Å². The first-order valence-electron chi connectivity index (χ1n) is 6.43. The van der Waals surface area contributed by atoms with Gasteiger partial charge in [0, 0.05) is 13.1 Å². The van der Waals surface area contributed by atoms with Crippen molar-refractivity contribution in [2.75, 3.05) is 19.6 Å². The summed E-state index contributed by atoms with van der Waals surface area (Å²) in [5.41, 5.74) is 0. The van der Waals surface area contributed by atoms with Crippen LogP contribution in [0.2, 0.25) is 0 Å². The third-order valence-corrected chi connectivity index (χ3v) is 4.56. The molecule has 3 unspecified atom stereocenters. The molecular formula is C13H25N. The Bertz CT molecular complexity index is 188. The number of rotatable bonds is 2. The van der Waals surface area contributed by atoms with Crippen molar-refractivity contribution in [1.82, 2.24) is 4.90 Å². The van der Waals surface area contributed by atoms with E-state index in [-0.39, 0.29) is 0 Å². The first kappa shape index (κ1) is 10.5. The lowest BCUT2D eigenvalue weighted by molar-refractivity contribution is 0.183. The highest BCUT2D eigenvalue weighted by molar-refractivity contribution is 4.89. The molecule has 0 amide bonds. The predicted octanol–water partition coefficient (Wildman–Crippen LogP) is 3.01. The van der Waals surface area contributed by atoms with Crippen molar-refractivity contribution in [3.8, 4) is 0 Å². The lowest BCUT2D eigenvalue weighted by Crippen LogP contribution is -2.26. The molecule has 0 radical (unpaired) electrons. The van der Waals surface area contributed by atoms with Crippen LogP contribution in [0.25, 0.3) is 0 Å². The second-order valence-corrected chi connectivity index (χ2v) is 5.69. The topological polar surface area (TPSA) is 3.24 Å². The van der Waals surface area contributed by atoms with E-state index in [1.165, 1.54) is 38.9 Å². The van der Waals surface area contributed by atoms with E-state index in [9.17, 15) is 0 Å². The zero-order chi connectivity index (χ0) is 10.1. The summed E-state index contributed by atoms with van der Waals surface area (Å²) in [5, 5.41) is 0. The maximum Gasteiger partial charge on any atom is 0.00129 e. The van der Waals surface area contributed by atoms with Crippen LogP contribution in [0.1, 0.15) is 40.0 Å². The fourth-order valence-electron chi connectivity index (χ4n) is 3.43. The molecule has 1 heteroatoms. The van der Waals surface area contributed by atoms with E-state index in [4.69, 9.17) is 0 Å². The van der Waals surface area contributed by atoms with Crippen molar-refractivity contribution in [3.63, 3.8) is 0 Å². The van der Waals surface area contributed by atoms with Crippen LogP contribution in [0.15, 0.2) is 0 Å². The lowest BCUT2D eigenvalue weighted by atomic mass is 9.72. The highest BCUT2D eigenvalue weighted by Crippen LogP contribution is 2.41. The number of fused-ring (bicyclic) bond motifs is 1. The van der Waals surface area contributed by atoms with Gasteiger partial charge < -0.3 is 4.90 Å². The van der Waals surface area contributed by atoms with Crippen LogP contribution in [0.4, 0.5) is 0 Å². The fourth-order valence-corrected chi connectivity index (χ4v) is 3.43. The summed E-state index contributed by atoms with van der Waals surface area (Å²) in [6.45, 7) is 11.2. The van der Waals surface area contributed by atoms with Crippen LogP contribution in [-0.4, -0.2) is 24.5 Å². The zero-order valence-corrected chi connectivity index (χ0v) is 10.00. The summed E-state index contributed by atoms with van der Waals surface area (Å²) in [5.74, 6) is 4.01. The highest BCUT2D eigenvalue weighted by atomic mass is 15.1. The van der Waals surface area contributed by atoms with E-state index >= 15 is 0 Å². The second kappa shape index (κ2) is 4.22. The van der Waals surface area contributed by atoms with Gasteiger partial charge in [-0.15, -0.1) is 0 Å². The van der Waals surface area contributed by atoms with Crippen molar-refractivity contribution in [2.45, 2.75) is 40.0 Å². The summed E-state index contributed by atoms with van der Waals surface area (Å²) >= 11 is 0. The maximum absolute atomic E-state index is 2.65. The van der Waals surface area contributed by atoms with Crippen LogP contribution in [0.5, 0.6) is 0 Å². The molecule has 0 aromatic heterocycles.